The fourth-order valence-electron chi connectivity index (χ4n) is 2.80. The van der Waals surface area contributed by atoms with E-state index < -0.39 is 5.91 Å². The van der Waals surface area contributed by atoms with Crippen molar-refractivity contribution in [3.05, 3.63) is 70.1 Å². The van der Waals surface area contributed by atoms with Gasteiger partial charge in [-0.15, -0.1) is 0 Å². The molecule has 28 heavy (non-hydrogen) atoms. The fourth-order valence-corrected chi connectivity index (χ4v) is 2.80. The lowest BCUT2D eigenvalue weighted by molar-refractivity contribution is -0.116. The zero-order valence-electron chi connectivity index (χ0n) is 15.7. The monoisotopic (exact) mass is 379 g/mol. The normalized spacial score (nSPS) is 10.8. The van der Waals surface area contributed by atoms with Gasteiger partial charge in [-0.25, -0.2) is 5.10 Å². The molecule has 8 heteroatoms. The number of fused-ring (bicyclic) bond motifs is 1. The number of carbonyl (C=O) groups excluding carboxylic acids is 2. The minimum atomic E-state index is -0.394. The third kappa shape index (κ3) is 4.60. The number of rotatable bonds is 6. The second-order valence-electron chi connectivity index (χ2n) is 6.62. The maximum absolute atomic E-state index is 12.6. The molecule has 2 aromatic carbocycles. The predicted molar refractivity (Wildman–Crippen MR) is 107 cm³/mol. The number of anilines is 1. The van der Waals surface area contributed by atoms with Crippen LogP contribution in [0.25, 0.3) is 10.8 Å². The van der Waals surface area contributed by atoms with Crippen molar-refractivity contribution in [2.75, 3.05) is 26.0 Å². The van der Waals surface area contributed by atoms with Gasteiger partial charge in [-0.05, 0) is 37.9 Å². The highest BCUT2D eigenvalue weighted by Crippen LogP contribution is 2.13. The van der Waals surface area contributed by atoms with Gasteiger partial charge in [0.15, 0.2) is 5.69 Å². The molecule has 0 radical (unpaired) electrons. The highest BCUT2D eigenvalue weighted by atomic mass is 16.2. The molecule has 8 nitrogen and oxygen atoms in total. The van der Waals surface area contributed by atoms with E-state index in [1.54, 1.807) is 47.4 Å². The quantitative estimate of drug-likeness (QED) is 0.599. The summed E-state index contributed by atoms with van der Waals surface area (Å²) in [6.07, 6.45) is 0. The van der Waals surface area contributed by atoms with Gasteiger partial charge in [0.05, 0.1) is 11.9 Å². The lowest BCUT2D eigenvalue weighted by Crippen LogP contribution is -2.27. The summed E-state index contributed by atoms with van der Waals surface area (Å²) in [5, 5.41) is 12.8. The van der Waals surface area contributed by atoms with Gasteiger partial charge in [0.1, 0.15) is 0 Å². The van der Waals surface area contributed by atoms with Crippen molar-refractivity contribution in [3.8, 4) is 0 Å². The van der Waals surface area contributed by atoms with E-state index in [0.29, 0.717) is 16.5 Å². The first-order chi connectivity index (χ1) is 13.4. The average molecular weight is 379 g/mol. The van der Waals surface area contributed by atoms with Crippen LogP contribution >= 0.6 is 0 Å². The molecule has 0 fully saturated rings. The van der Waals surface area contributed by atoms with Gasteiger partial charge >= 0.3 is 0 Å². The molecule has 3 rings (SSSR count). The lowest BCUT2D eigenvalue weighted by Gasteiger charge is -2.11. The number of nitrogens with one attached hydrogen (secondary N) is 3. The van der Waals surface area contributed by atoms with Gasteiger partial charge in [0.25, 0.3) is 11.5 Å². The summed E-state index contributed by atoms with van der Waals surface area (Å²) >= 11 is 0. The first-order valence-corrected chi connectivity index (χ1v) is 8.73. The number of amides is 2. The van der Waals surface area contributed by atoms with E-state index >= 15 is 0 Å². The molecule has 144 valence electrons. The van der Waals surface area contributed by atoms with Crippen LogP contribution in [0, 0.1) is 0 Å². The molecule has 1 heterocycles. The fraction of sp³-hybridized carbons (Fsp3) is 0.200. The first-order valence-electron chi connectivity index (χ1n) is 8.73. The highest BCUT2D eigenvalue weighted by molar-refractivity contribution is 6.04. The van der Waals surface area contributed by atoms with Gasteiger partial charge in [-0.1, -0.05) is 30.3 Å². The van der Waals surface area contributed by atoms with E-state index in [4.69, 9.17) is 0 Å². The summed E-state index contributed by atoms with van der Waals surface area (Å²) in [4.78, 5) is 38.1. The minimum absolute atomic E-state index is 0.116. The Hall–Kier alpha value is -3.52. The molecule has 0 saturated heterocycles. The van der Waals surface area contributed by atoms with Crippen LogP contribution < -0.4 is 16.2 Å². The molecule has 0 unspecified atom stereocenters. The Morgan fingerprint density at radius 2 is 1.82 bits per heavy atom. The summed E-state index contributed by atoms with van der Waals surface area (Å²) in [6.45, 7) is 0.539. The second-order valence-corrected chi connectivity index (χ2v) is 6.62. The molecule has 1 aromatic heterocycles. The van der Waals surface area contributed by atoms with Crippen molar-refractivity contribution in [2.24, 2.45) is 0 Å². The minimum Gasteiger partial charge on any atom is -0.347 e. The van der Waals surface area contributed by atoms with Crippen LogP contribution in [0.15, 0.2) is 53.3 Å². The van der Waals surface area contributed by atoms with Crippen LogP contribution in [0.4, 0.5) is 5.69 Å². The standard InChI is InChI=1S/C20H21N5O3/c1-25(2)12-17(26)22-14-7-5-6-13(10-14)11-21-20(28)18-15-8-3-4-9-16(15)19(27)24-23-18/h3-10H,11-12H2,1-2H3,(H,21,28)(H,22,26)(H,24,27). The summed E-state index contributed by atoms with van der Waals surface area (Å²) in [5.74, 6) is -0.510. The van der Waals surface area contributed by atoms with Gasteiger partial charge in [0.2, 0.25) is 5.91 Å². The molecule has 3 aromatic rings. The summed E-state index contributed by atoms with van der Waals surface area (Å²) < 4.78 is 0. The second kappa shape index (κ2) is 8.45. The Kier molecular flexibility index (Phi) is 5.81. The molecule has 0 aliphatic carbocycles. The van der Waals surface area contributed by atoms with E-state index in [2.05, 4.69) is 20.8 Å². The Bertz CT molecular complexity index is 1070. The van der Waals surface area contributed by atoms with Crippen molar-refractivity contribution in [1.82, 2.24) is 20.4 Å². The molecule has 0 bridgehead atoms. The average Bonchev–Trinajstić information content (AvgIpc) is 2.66. The number of aromatic amines is 1. The predicted octanol–water partition coefficient (Wildman–Crippen LogP) is 1.35. The number of aromatic nitrogens is 2. The first kappa shape index (κ1) is 19.2. The van der Waals surface area contributed by atoms with Crippen molar-refractivity contribution in [1.29, 1.82) is 0 Å². The molecule has 0 aliphatic rings. The van der Waals surface area contributed by atoms with Crippen LogP contribution in [-0.4, -0.2) is 47.6 Å². The molecular formula is C20H21N5O3. The highest BCUT2D eigenvalue weighted by Gasteiger charge is 2.13. The molecule has 0 aliphatic heterocycles. The van der Waals surface area contributed by atoms with E-state index in [1.807, 2.05) is 20.2 Å². The SMILES string of the molecule is CN(C)CC(=O)Nc1cccc(CNC(=O)c2n[nH]c(=O)c3ccccc23)c1. The number of hydrogen-bond acceptors (Lipinski definition) is 5. The zero-order chi connectivity index (χ0) is 20.1. The van der Waals surface area contributed by atoms with Crippen LogP contribution in [0.1, 0.15) is 16.1 Å². The van der Waals surface area contributed by atoms with Crippen LogP contribution in [0.5, 0.6) is 0 Å². The van der Waals surface area contributed by atoms with E-state index in [1.165, 1.54) is 0 Å². The summed E-state index contributed by atoms with van der Waals surface area (Å²) in [7, 11) is 3.64. The van der Waals surface area contributed by atoms with Gasteiger partial charge < -0.3 is 15.5 Å². The summed E-state index contributed by atoms with van der Waals surface area (Å²) in [6, 6.07) is 14.1. The largest absolute Gasteiger partial charge is 0.347 e. The summed E-state index contributed by atoms with van der Waals surface area (Å²) in [5.41, 5.74) is 1.30. The van der Waals surface area contributed by atoms with E-state index in [0.717, 1.165) is 5.56 Å². The molecule has 0 saturated carbocycles. The van der Waals surface area contributed by atoms with Crippen molar-refractivity contribution in [3.63, 3.8) is 0 Å². The zero-order valence-corrected chi connectivity index (χ0v) is 15.7. The lowest BCUT2D eigenvalue weighted by atomic mass is 10.1. The molecule has 0 atom stereocenters. The Labute approximate surface area is 161 Å². The number of H-pyrrole nitrogens is 1. The molecule has 3 N–H and O–H groups in total. The number of carbonyl (C=O) groups is 2. The molecule has 2 amide bonds. The number of benzene rings is 2. The number of likely N-dealkylation sites (N-methyl/N-ethyl adjacent to an activating group) is 1. The Morgan fingerprint density at radius 3 is 2.57 bits per heavy atom. The molecular weight excluding hydrogens is 358 g/mol. The van der Waals surface area contributed by atoms with Crippen molar-refractivity contribution >= 4 is 28.3 Å². The Balaban J connectivity index is 1.70. The maximum Gasteiger partial charge on any atom is 0.272 e. The smallest absolute Gasteiger partial charge is 0.272 e. The number of nitrogens with zero attached hydrogens (tertiary/aromatic N) is 2. The van der Waals surface area contributed by atoms with E-state index in [9.17, 15) is 14.4 Å². The van der Waals surface area contributed by atoms with Crippen molar-refractivity contribution in [2.45, 2.75) is 6.54 Å². The molecule has 0 spiro atoms. The van der Waals surface area contributed by atoms with Crippen LogP contribution in [-0.2, 0) is 11.3 Å². The van der Waals surface area contributed by atoms with Crippen LogP contribution in [0.2, 0.25) is 0 Å². The topological polar surface area (TPSA) is 107 Å². The van der Waals surface area contributed by atoms with Crippen LogP contribution in [0.3, 0.4) is 0 Å². The number of hydrogen-bond donors (Lipinski definition) is 3. The third-order valence-electron chi connectivity index (χ3n) is 4.03. The van der Waals surface area contributed by atoms with Gasteiger partial charge in [-0.3, -0.25) is 14.4 Å². The van der Waals surface area contributed by atoms with Gasteiger partial charge in [0, 0.05) is 17.6 Å². The van der Waals surface area contributed by atoms with Gasteiger partial charge in [-0.2, -0.15) is 5.10 Å². The third-order valence-corrected chi connectivity index (χ3v) is 4.03. The van der Waals surface area contributed by atoms with E-state index in [-0.39, 0.29) is 30.2 Å². The Morgan fingerprint density at radius 1 is 1.07 bits per heavy atom. The maximum atomic E-state index is 12.6. The van der Waals surface area contributed by atoms with Crippen molar-refractivity contribution < 1.29 is 9.59 Å².